The summed E-state index contributed by atoms with van der Waals surface area (Å²) < 4.78 is 0. The van der Waals surface area contributed by atoms with Gasteiger partial charge in [-0.3, -0.25) is 0 Å². The van der Waals surface area contributed by atoms with Crippen molar-refractivity contribution in [1.29, 1.82) is 0 Å². The van der Waals surface area contributed by atoms with Crippen LogP contribution in [-0.4, -0.2) is 10.5 Å². The van der Waals surface area contributed by atoms with E-state index < -0.39 is 0 Å². The van der Waals surface area contributed by atoms with Gasteiger partial charge in [0.25, 0.3) is 0 Å². The lowest BCUT2D eigenvalue weighted by Gasteiger charge is -2.36. The summed E-state index contributed by atoms with van der Waals surface area (Å²) in [5.41, 5.74) is 9.49. The molecule has 0 saturated heterocycles. The van der Waals surface area contributed by atoms with Crippen molar-refractivity contribution in [1.82, 2.24) is 4.98 Å². The summed E-state index contributed by atoms with van der Waals surface area (Å²) >= 11 is 1.66. The van der Waals surface area contributed by atoms with Crippen molar-refractivity contribution in [3.8, 4) is 0 Å². The number of thiazole rings is 1. The zero-order valence-electron chi connectivity index (χ0n) is 8.70. The molecule has 2 N–H and O–H groups in total. The van der Waals surface area contributed by atoms with Gasteiger partial charge in [-0.1, -0.05) is 19.8 Å². The van der Waals surface area contributed by atoms with E-state index in [4.69, 9.17) is 5.73 Å². The third-order valence-electron chi connectivity index (χ3n) is 3.14. The summed E-state index contributed by atoms with van der Waals surface area (Å²) in [7, 11) is 0. The van der Waals surface area contributed by atoms with Crippen molar-refractivity contribution in [3.05, 3.63) is 16.6 Å². The van der Waals surface area contributed by atoms with Crippen LogP contribution in [0, 0.1) is 5.92 Å². The van der Waals surface area contributed by atoms with Crippen molar-refractivity contribution < 1.29 is 0 Å². The molecule has 1 heterocycles. The predicted octanol–water partition coefficient (Wildman–Crippen LogP) is 2.59. The van der Waals surface area contributed by atoms with Crippen LogP contribution in [0.4, 0.5) is 0 Å². The number of nitrogens with zero attached hydrogens (tertiary/aromatic N) is 1. The molecule has 1 aliphatic rings. The third-order valence-corrected chi connectivity index (χ3v) is 3.78. The minimum atomic E-state index is 0.0196. The molecule has 3 heteroatoms. The Bertz CT molecular complexity index is 283. The van der Waals surface area contributed by atoms with Crippen LogP contribution in [-0.2, 0) is 6.42 Å². The number of hydrogen-bond donors (Lipinski definition) is 1. The second-order valence-electron chi connectivity index (χ2n) is 4.72. The largest absolute Gasteiger partial charge is 0.325 e. The molecule has 1 aromatic rings. The van der Waals surface area contributed by atoms with Gasteiger partial charge in [0.05, 0.1) is 11.2 Å². The second-order valence-corrected chi connectivity index (χ2v) is 5.44. The second kappa shape index (κ2) is 3.99. The van der Waals surface area contributed by atoms with Gasteiger partial charge >= 0.3 is 0 Å². The molecule has 1 aliphatic carbocycles. The Morgan fingerprint density at radius 3 is 3.21 bits per heavy atom. The van der Waals surface area contributed by atoms with E-state index in [0.29, 0.717) is 0 Å². The topological polar surface area (TPSA) is 38.9 Å². The minimum Gasteiger partial charge on any atom is -0.325 e. The normalized spacial score (nSPS) is 33.1. The third kappa shape index (κ3) is 2.34. The van der Waals surface area contributed by atoms with Crippen molar-refractivity contribution in [3.63, 3.8) is 0 Å². The smallest absolute Gasteiger partial charge is 0.0794 e. The zero-order valence-corrected chi connectivity index (χ0v) is 9.52. The Morgan fingerprint density at radius 2 is 2.57 bits per heavy atom. The Hall–Kier alpha value is -0.410. The molecule has 0 spiro atoms. The lowest BCUT2D eigenvalue weighted by molar-refractivity contribution is 0.234. The molecule has 0 aliphatic heterocycles. The summed E-state index contributed by atoms with van der Waals surface area (Å²) in [6.45, 7) is 2.31. The summed E-state index contributed by atoms with van der Waals surface area (Å²) in [6, 6.07) is 0. The van der Waals surface area contributed by atoms with E-state index in [-0.39, 0.29) is 5.54 Å². The van der Waals surface area contributed by atoms with Gasteiger partial charge in [-0.15, -0.1) is 11.3 Å². The molecule has 78 valence electrons. The van der Waals surface area contributed by atoms with Crippen LogP contribution in [0.3, 0.4) is 0 Å². The highest BCUT2D eigenvalue weighted by atomic mass is 32.1. The summed E-state index contributed by atoms with van der Waals surface area (Å²) in [5, 5.41) is 2.12. The maximum Gasteiger partial charge on any atom is 0.0794 e. The van der Waals surface area contributed by atoms with E-state index in [9.17, 15) is 0 Å². The first-order valence-corrected chi connectivity index (χ1v) is 6.28. The molecule has 1 fully saturated rings. The molecule has 2 unspecified atom stereocenters. The van der Waals surface area contributed by atoms with Crippen LogP contribution >= 0.6 is 11.3 Å². The first kappa shape index (κ1) is 10.1. The molecule has 2 atom stereocenters. The standard InChI is InChI=1S/C11H18N2S/c1-9-3-2-4-11(12,5-9)6-10-7-14-8-13-10/h7-9H,2-6,12H2,1H3. The Kier molecular flexibility index (Phi) is 2.88. The molecule has 1 saturated carbocycles. The van der Waals surface area contributed by atoms with E-state index in [0.717, 1.165) is 25.2 Å². The maximum absolute atomic E-state index is 6.41. The van der Waals surface area contributed by atoms with Gasteiger partial charge in [0, 0.05) is 17.3 Å². The first-order chi connectivity index (χ1) is 6.68. The lowest BCUT2D eigenvalue weighted by Crippen LogP contribution is -2.45. The summed E-state index contributed by atoms with van der Waals surface area (Å²) in [4.78, 5) is 4.32. The average molecular weight is 210 g/mol. The zero-order chi connectivity index (χ0) is 10.0. The maximum atomic E-state index is 6.41. The predicted molar refractivity (Wildman–Crippen MR) is 60.4 cm³/mol. The van der Waals surface area contributed by atoms with Gasteiger partial charge < -0.3 is 5.73 Å². The fourth-order valence-electron chi connectivity index (χ4n) is 2.55. The van der Waals surface area contributed by atoms with E-state index in [1.807, 2.05) is 5.51 Å². The van der Waals surface area contributed by atoms with Crippen LogP contribution < -0.4 is 5.73 Å². The van der Waals surface area contributed by atoms with Gasteiger partial charge in [-0.2, -0.15) is 0 Å². The van der Waals surface area contributed by atoms with Crippen LogP contribution in [0.1, 0.15) is 38.3 Å². The molecule has 0 bridgehead atoms. The fourth-order valence-corrected chi connectivity index (χ4v) is 3.11. The highest BCUT2D eigenvalue weighted by molar-refractivity contribution is 7.07. The van der Waals surface area contributed by atoms with E-state index >= 15 is 0 Å². The van der Waals surface area contributed by atoms with Crippen molar-refractivity contribution in [2.45, 2.75) is 44.6 Å². The van der Waals surface area contributed by atoms with Gasteiger partial charge in [0.2, 0.25) is 0 Å². The molecule has 2 nitrogen and oxygen atoms in total. The van der Waals surface area contributed by atoms with Gasteiger partial charge in [0.15, 0.2) is 0 Å². The Morgan fingerprint density at radius 1 is 1.71 bits per heavy atom. The summed E-state index contributed by atoms with van der Waals surface area (Å²) in [5.74, 6) is 0.785. The first-order valence-electron chi connectivity index (χ1n) is 5.34. The molecule has 0 aromatic carbocycles. The van der Waals surface area contributed by atoms with Crippen molar-refractivity contribution in [2.75, 3.05) is 0 Å². The molecular weight excluding hydrogens is 192 g/mol. The number of rotatable bonds is 2. The number of nitrogens with two attached hydrogens (primary N) is 1. The van der Waals surface area contributed by atoms with Gasteiger partial charge in [-0.05, 0) is 18.8 Å². The average Bonchev–Trinajstić information content (AvgIpc) is 2.55. The van der Waals surface area contributed by atoms with E-state index in [1.54, 1.807) is 11.3 Å². The van der Waals surface area contributed by atoms with Crippen LogP contribution in [0.25, 0.3) is 0 Å². The van der Waals surface area contributed by atoms with Gasteiger partial charge in [-0.25, -0.2) is 4.98 Å². The van der Waals surface area contributed by atoms with Gasteiger partial charge in [0.1, 0.15) is 0 Å². The molecule has 2 rings (SSSR count). The fraction of sp³-hybridized carbons (Fsp3) is 0.727. The molecule has 0 radical (unpaired) electrons. The number of hydrogen-bond acceptors (Lipinski definition) is 3. The SMILES string of the molecule is CC1CCCC(N)(Cc2cscn2)C1. The van der Waals surface area contributed by atoms with Crippen LogP contribution in [0.2, 0.25) is 0 Å². The van der Waals surface area contributed by atoms with Crippen LogP contribution in [0.5, 0.6) is 0 Å². The lowest BCUT2D eigenvalue weighted by atomic mass is 9.75. The summed E-state index contributed by atoms with van der Waals surface area (Å²) in [6.07, 6.45) is 5.90. The van der Waals surface area contributed by atoms with Crippen LogP contribution in [0.15, 0.2) is 10.9 Å². The quantitative estimate of drug-likeness (QED) is 0.815. The van der Waals surface area contributed by atoms with Crippen molar-refractivity contribution >= 4 is 11.3 Å². The Labute approximate surface area is 89.5 Å². The number of aromatic nitrogens is 1. The van der Waals surface area contributed by atoms with Crippen molar-refractivity contribution in [2.24, 2.45) is 11.7 Å². The van der Waals surface area contributed by atoms with E-state index in [1.165, 1.54) is 18.5 Å². The minimum absolute atomic E-state index is 0.0196. The Balaban J connectivity index is 2.01. The molecule has 1 aromatic heterocycles. The monoisotopic (exact) mass is 210 g/mol. The molecule has 14 heavy (non-hydrogen) atoms. The molecular formula is C11H18N2S. The van der Waals surface area contributed by atoms with E-state index in [2.05, 4.69) is 17.3 Å². The highest BCUT2D eigenvalue weighted by Gasteiger charge is 2.31. The highest BCUT2D eigenvalue weighted by Crippen LogP contribution is 2.32. The molecule has 0 amide bonds.